The maximum absolute atomic E-state index is 8.79. The molecule has 1 aromatic heterocycles. The number of imidazole rings is 1. The molecule has 70 valence electrons. The van der Waals surface area contributed by atoms with E-state index in [2.05, 4.69) is 4.98 Å². The third-order valence-electron chi connectivity index (χ3n) is 2.40. The Labute approximate surface area is 81.6 Å². The molecule has 14 heavy (non-hydrogen) atoms. The monoisotopic (exact) mass is 186 g/mol. The Bertz CT molecular complexity index is 545. The van der Waals surface area contributed by atoms with E-state index in [4.69, 9.17) is 11.0 Å². The van der Waals surface area contributed by atoms with Gasteiger partial charge in [0.15, 0.2) is 0 Å². The minimum absolute atomic E-state index is 0.482. The first-order chi connectivity index (χ1) is 6.63. The number of nitrogens with two attached hydrogens (primary N) is 1. The molecule has 0 saturated carbocycles. The van der Waals surface area contributed by atoms with Gasteiger partial charge < -0.3 is 10.3 Å². The zero-order valence-corrected chi connectivity index (χ0v) is 8.07. The molecule has 2 aromatic rings. The van der Waals surface area contributed by atoms with Crippen LogP contribution in [0.2, 0.25) is 0 Å². The van der Waals surface area contributed by atoms with Crippen LogP contribution in [0.3, 0.4) is 0 Å². The van der Waals surface area contributed by atoms with Gasteiger partial charge in [-0.3, -0.25) is 0 Å². The highest BCUT2D eigenvalue weighted by Crippen LogP contribution is 2.21. The van der Waals surface area contributed by atoms with Gasteiger partial charge in [0.1, 0.15) is 11.9 Å². The molecule has 0 spiro atoms. The second kappa shape index (κ2) is 2.74. The minimum Gasteiger partial charge on any atom is -0.398 e. The molecule has 0 aliphatic carbocycles. The highest BCUT2D eigenvalue weighted by molar-refractivity contribution is 5.82. The first-order valence-corrected chi connectivity index (χ1v) is 4.26. The molecule has 0 radical (unpaired) electrons. The summed E-state index contributed by atoms with van der Waals surface area (Å²) in [4.78, 5) is 4.32. The molecule has 1 heterocycles. The van der Waals surface area contributed by atoms with Gasteiger partial charge in [-0.15, -0.1) is 0 Å². The predicted molar refractivity (Wildman–Crippen MR) is 54.6 cm³/mol. The van der Waals surface area contributed by atoms with Gasteiger partial charge in [0.2, 0.25) is 0 Å². The van der Waals surface area contributed by atoms with Crippen LogP contribution in [0.25, 0.3) is 11.0 Å². The van der Waals surface area contributed by atoms with E-state index in [9.17, 15) is 0 Å². The molecule has 0 aliphatic rings. The van der Waals surface area contributed by atoms with E-state index in [1.807, 2.05) is 24.6 Å². The number of hydrogen-bond donors (Lipinski definition) is 1. The van der Waals surface area contributed by atoms with Crippen LogP contribution in [0.15, 0.2) is 12.1 Å². The maximum Gasteiger partial charge on any atom is 0.106 e. The van der Waals surface area contributed by atoms with Gasteiger partial charge in [-0.25, -0.2) is 4.98 Å². The van der Waals surface area contributed by atoms with Gasteiger partial charge in [0.25, 0.3) is 0 Å². The van der Waals surface area contributed by atoms with E-state index < -0.39 is 0 Å². The summed E-state index contributed by atoms with van der Waals surface area (Å²) >= 11 is 0. The van der Waals surface area contributed by atoms with Gasteiger partial charge in [-0.2, -0.15) is 5.26 Å². The molecule has 0 saturated heterocycles. The van der Waals surface area contributed by atoms with Gasteiger partial charge in [-0.05, 0) is 19.1 Å². The Morgan fingerprint density at radius 3 is 2.86 bits per heavy atom. The van der Waals surface area contributed by atoms with E-state index >= 15 is 0 Å². The number of rotatable bonds is 0. The smallest absolute Gasteiger partial charge is 0.106 e. The van der Waals surface area contributed by atoms with E-state index in [-0.39, 0.29) is 0 Å². The first-order valence-electron chi connectivity index (χ1n) is 4.26. The summed E-state index contributed by atoms with van der Waals surface area (Å²) in [6.07, 6.45) is 0. The lowest BCUT2D eigenvalue weighted by atomic mass is 10.2. The van der Waals surface area contributed by atoms with Crippen LogP contribution in [0, 0.1) is 18.3 Å². The molecule has 1 aromatic carbocycles. The Morgan fingerprint density at radius 1 is 1.50 bits per heavy atom. The zero-order valence-electron chi connectivity index (χ0n) is 8.07. The molecule has 0 unspecified atom stereocenters. The van der Waals surface area contributed by atoms with Gasteiger partial charge in [-0.1, -0.05) is 0 Å². The fraction of sp³-hybridized carbons (Fsp3) is 0.200. The summed E-state index contributed by atoms with van der Waals surface area (Å²) in [5.74, 6) is 0.912. The van der Waals surface area contributed by atoms with Crippen LogP contribution < -0.4 is 5.73 Å². The fourth-order valence-corrected chi connectivity index (χ4v) is 1.47. The van der Waals surface area contributed by atoms with E-state index in [1.54, 1.807) is 12.1 Å². The number of aromatic nitrogens is 2. The molecule has 0 aliphatic heterocycles. The Balaban J connectivity index is 2.88. The lowest BCUT2D eigenvalue weighted by molar-refractivity contribution is 0.886. The number of nitrogens with zero attached hydrogens (tertiary/aromatic N) is 3. The predicted octanol–water partition coefficient (Wildman–Crippen LogP) is 1.34. The molecule has 4 heteroatoms. The lowest BCUT2D eigenvalue weighted by Crippen LogP contribution is -1.93. The molecule has 4 nitrogen and oxygen atoms in total. The average molecular weight is 186 g/mol. The van der Waals surface area contributed by atoms with Crippen molar-refractivity contribution in [3.63, 3.8) is 0 Å². The molecular weight excluding hydrogens is 176 g/mol. The number of benzene rings is 1. The number of nitrogen functional groups attached to an aromatic ring is 1. The largest absolute Gasteiger partial charge is 0.398 e. The summed E-state index contributed by atoms with van der Waals surface area (Å²) in [7, 11) is 1.93. The van der Waals surface area contributed by atoms with Crippen molar-refractivity contribution in [1.82, 2.24) is 9.55 Å². The third-order valence-corrected chi connectivity index (χ3v) is 2.40. The SMILES string of the molecule is Cc1nc2cc(C#N)c(N)cc2n1C. The zero-order chi connectivity index (χ0) is 10.3. The second-order valence-corrected chi connectivity index (χ2v) is 3.26. The van der Waals surface area contributed by atoms with Crippen LogP contribution in [0.1, 0.15) is 11.4 Å². The van der Waals surface area contributed by atoms with Crippen molar-refractivity contribution >= 4 is 16.7 Å². The van der Waals surface area contributed by atoms with Crippen LogP contribution in [0.5, 0.6) is 0 Å². The van der Waals surface area contributed by atoms with Gasteiger partial charge in [0, 0.05) is 7.05 Å². The highest BCUT2D eigenvalue weighted by Gasteiger charge is 2.07. The molecule has 0 fully saturated rings. The highest BCUT2D eigenvalue weighted by atomic mass is 15.0. The number of fused-ring (bicyclic) bond motifs is 1. The molecule has 2 rings (SSSR count). The Hall–Kier alpha value is -2.02. The fourth-order valence-electron chi connectivity index (χ4n) is 1.47. The van der Waals surface area contributed by atoms with E-state index in [0.29, 0.717) is 11.3 Å². The third kappa shape index (κ3) is 1.03. The summed E-state index contributed by atoms with van der Waals surface area (Å²) in [5.41, 5.74) is 8.47. The van der Waals surface area contributed by atoms with Crippen molar-refractivity contribution in [3.05, 3.63) is 23.5 Å². The van der Waals surface area contributed by atoms with Crippen molar-refractivity contribution in [2.75, 3.05) is 5.73 Å². The van der Waals surface area contributed by atoms with E-state index in [0.717, 1.165) is 16.9 Å². The summed E-state index contributed by atoms with van der Waals surface area (Å²) in [6.45, 7) is 1.92. The Kier molecular flexibility index (Phi) is 1.68. The van der Waals surface area contributed by atoms with Crippen LogP contribution in [-0.2, 0) is 7.05 Å². The van der Waals surface area contributed by atoms with Crippen molar-refractivity contribution in [3.8, 4) is 6.07 Å². The minimum atomic E-state index is 0.482. The molecule has 0 atom stereocenters. The van der Waals surface area contributed by atoms with Crippen molar-refractivity contribution in [2.24, 2.45) is 7.05 Å². The molecule has 2 N–H and O–H groups in total. The number of anilines is 1. The average Bonchev–Trinajstić information content (AvgIpc) is 2.43. The summed E-state index contributed by atoms with van der Waals surface area (Å²) in [5, 5.41) is 8.79. The van der Waals surface area contributed by atoms with Crippen molar-refractivity contribution in [1.29, 1.82) is 5.26 Å². The maximum atomic E-state index is 8.79. The first kappa shape index (κ1) is 8.57. The summed E-state index contributed by atoms with van der Waals surface area (Å²) < 4.78 is 1.95. The molecule has 0 amide bonds. The van der Waals surface area contributed by atoms with Crippen molar-refractivity contribution < 1.29 is 0 Å². The number of aryl methyl sites for hydroxylation is 2. The number of nitriles is 1. The van der Waals surface area contributed by atoms with Crippen molar-refractivity contribution in [2.45, 2.75) is 6.92 Å². The van der Waals surface area contributed by atoms with Crippen LogP contribution in [0.4, 0.5) is 5.69 Å². The quantitative estimate of drug-likeness (QED) is 0.631. The summed E-state index contributed by atoms with van der Waals surface area (Å²) in [6, 6.07) is 5.55. The normalized spacial score (nSPS) is 10.4. The van der Waals surface area contributed by atoms with E-state index in [1.165, 1.54) is 0 Å². The topological polar surface area (TPSA) is 67.6 Å². The number of hydrogen-bond acceptors (Lipinski definition) is 3. The van der Waals surface area contributed by atoms with Gasteiger partial charge >= 0.3 is 0 Å². The van der Waals surface area contributed by atoms with Gasteiger partial charge in [0.05, 0.1) is 22.3 Å². The molecular formula is C10H10N4. The second-order valence-electron chi connectivity index (χ2n) is 3.26. The van der Waals surface area contributed by atoms with Crippen LogP contribution >= 0.6 is 0 Å². The lowest BCUT2D eigenvalue weighted by Gasteiger charge is -1.99. The standard InChI is InChI=1S/C10H10N4/c1-6-13-9-3-7(5-11)8(12)4-10(9)14(6)2/h3-4H,12H2,1-2H3. The molecule has 0 bridgehead atoms. The van der Waals surface area contributed by atoms with Crippen LogP contribution in [-0.4, -0.2) is 9.55 Å². The Morgan fingerprint density at radius 2 is 2.21 bits per heavy atom.